The minimum Gasteiger partial charge on any atom is -0.325 e. The topological polar surface area (TPSA) is 70.7 Å². The molecule has 4 aromatic rings. The molecule has 0 bridgehead atoms. The Balaban J connectivity index is 1.31. The molecule has 0 saturated carbocycles. The molecule has 0 aliphatic carbocycles. The molecule has 0 aliphatic rings. The lowest BCUT2D eigenvalue weighted by atomic mass is 10.1. The predicted octanol–water partition coefficient (Wildman–Crippen LogP) is 5.00. The molecule has 5 nitrogen and oxygen atoms in total. The molecule has 2 N–H and O–H groups in total. The molecule has 1 aromatic heterocycles. The first-order chi connectivity index (χ1) is 14.2. The van der Waals surface area contributed by atoms with Crippen LogP contribution >= 0.6 is 11.8 Å². The number of benzene rings is 3. The lowest BCUT2D eigenvalue weighted by Crippen LogP contribution is -2.14. The van der Waals surface area contributed by atoms with E-state index in [1.165, 1.54) is 23.9 Å². The second kappa shape index (κ2) is 8.70. The summed E-state index contributed by atoms with van der Waals surface area (Å²) in [5.74, 6) is 0.360. The van der Waals surface area contributed by atoms with Gasteiger partial charge in [0.2, 0.25) is 11.1 Å². The van der Waals surface area contributed by atoms with Gasteiger partial charge >= 0.3 is 0 Å². The molecule has 4 rings (SSSR count). The SMILES string of the molecule is O=C(CSc1n[nH]c(/C=C/c2ccc(F)cc2)n1)Nc1ccc2ccccc2c1. The highest BCUT2D eigenvalue weighted by Gasteiger charge is 2.08. The molecule has 0 unspecified atom stereocenters. The van der Waals surface area contributed by atoms with Crippen LogP contribution in [-0.2, 0) is 4.79 Å². The summed E-state index contributed by atoms with van der Waals surface area (Å²) < 4.78 is 12.9. The third-order valence-corrected chi connectivity index (χ3v) is 5.00. The normalized spacial score (nSPS) is 11.2. The van der Waals surface area contributed by atoms with Crippen molar-refractivity contribution in [2.45, 2.75) is 5.16 Å². The Hall–Kier alpha value is -3.45. The third-order valence-electron chi connectivity index (χ3n) is 4.15. The number of carbonyl (C=O) groups excluding carboxylic acids is 1. The third kappa shape index (κ3) is 5.08. The Bertz CT molecular complexity index is 1170. The van der Waals surface area contributed by atoms with Crippen LogP contribution in [0.2, 0.25) is 0 Å². The van der Waals surface area contributed by atoms with Crippen LogP contribution < -0.4 is 5.32 Å². The molecular formula is C22H17FN4OS. The zero-order valence-corrected chi connectivity index (χ0v) is 16.1. The Morgan fingerprint density at radius 1 is 1.03 bits per heavy atom. The summed E-state index contributed by atoms with van der Waals surface area (Å²) in [5, 5.41) is 12.5. The predicted molar refractivity (Wildman–Crippen MR) is 115 cm³/mol. The van der Waals surface area contributed by atoms with E-state index in [1.54, 1.807) is 24.3 Å². The zero-order valence-electron chi connectivity index (χ0n) is 15.3. The number of fused-ring (bicyclic) bond motifs is 1. The average Bonchev–Trinajstić information content (AvgIpc) is 3.20. The van der Waals surface area contributed by atoms with Gasteiger partial charge in [0.05, 0.1) is 5.75 Å². The van der Waals surface area contributed by atoms with Crippen molar-refractivity contribution in [3.8, 4) is 0 Å². The Kier molecular flexibility index (Phi) is 5.67. The quantitative estimate of drug-likeness (QED) is 0.444. The van der Waals surface area contributed by atoms with E-state index < -0.39 is 0 Å². The van der Waals surface area contributed by atoms with Gasteiger partial charge in [-0.3, -0.25) is 9.89 Å². The van der Waals surface area contributed by atoms with Crippen molar-refractivity contribution < 1.29 is 9.18 Å². The lowest BCUT2D eigenvalue weighted by Gasteiger charge is -2.05. The molecule has 1 heterocycles. The first-order valence-corrected chi connectivity index (χ1v) is 9.92. The van der Waals surface area contributed by atoms with Crippen molar-refractivity contribution in [2.75, 3.05) is 11.1 Å². The van der Waals surface area contributed by atoms with Crippen LogP contribution in [0.1, 0.15) is 11.4 Å². The fraction of sp³-hybridized carbons (Fsp3) is 0.0455. The number of hydrogen-bond donors (Lipinski definition) is 2. The van der Waals surface area contributed by atoms with Crippen molar-refractivity contribution in [1.29, 1.82) is 0 Å². The minimum absolute atomic E-state index is 0.126. The summed E-state index contributed by atoms with van der Waals surface area (Å²) in [5.41, 5.74) is 1.61. The van der Waals surface area contributed by atoms with Crippen LogP contribution in [0, 0.1) is 5.82 Å². The highest BCUT2D eigenvalue weighted by Crippen LogP contribution is 2.20. The van der Waals surface area contributed by atoms with Gasteiger partial charge in [0.1, 0.15) is 11.6 Å². The molecule has 29 heavy (non-hydrogen) atoms. The van der Waals surface area contributed by atoms with Crippen LogP contribution in [0.5, 0.6) is 0 Å². The summed E-state index contributed by atoms with van der Waals surface area (Å²) in [6, 6.07) is 19.9. The van der Waals surface area contributed by atoms with Gasteiger partial charge in [-0.1, -0.05) is 60.3 Å². The summed E-state index contributed by atoms with van der Waals surface area (Å²) >= 11 is 1.25. The number of amides is 1. The van der Waals surface area contributed by atoms with E-state index in [-0.39, 0.29) is 17.5 Å². The summed E-state index contributed by atoms with van der Waals surface area (Å²) in [6.45, 7) is 0. The lowest BCUT2D eigenvalue weighted by molar-refractivity contribution is -0.113. The Labute approximate surface area is 171 Å². The van der Waals surface area contributed by atoms with E-state index in [1.807, 2.05) is 42.5 Å². The van der Waals surface area contributed by atoms with Gasteiger partial charge in [-0.15, -0.1) is 5.10 Å². The molecule has 0 radical (unpaired) electrons. The van der Waals surface area contributed by atoms with Gasteiger partial charge < -0.3 is 5.32 Å². The maximum Gasteiger partial charge on any atom is 0.234 e. The van der Waals surface area contributed by atoms with E-state index in [0.29, 0.717) is 11.0 Å². The van der Waals surface area contributed by atoms with Gasteiger partial charge in [-0.05, 0) is 46.7 Å². The van der Waals surface area contributed by atoms with Gasteiger partial charge in [0.25, 0.3) is 0 Å². The highest BCUT2D eigenvalue weighted by molar-refractivity contribution is 7.99. The summed E-state index contributed by atoms with van der Waals surface area (Å²) in [7, 11) is 0. The van der Waals surface area contributed by atoms with E-state index in [9.17, 15) is 9.18 Å². The van der Waals surface area contributed by atoms with Crippen molar-refractivity contribution in [3.63, 3.8) is 0 Å². The first kappa shape index (κ1) is 18.9. The molecule has 144 valence electrons. The van der Waals surface area contributed by atoms with Gasteiger partial charge in [-0.2, -0.15) is 0 Å². The number of carbonyl (C=O) groups is 1. The number of hydrogen-bond acceptors (Lipinski definition) is 4. The van der Waals surface area contributed by atoms with Crippen LogP contribution in [0.3, 0.4) is 0 Å². The van der Waals surface area contributed by atoms with Crippen molar-refractivity contribution in [2.24, 2.45) is 0 Å². The van der Waals surface area contributed by atoms with E-state index in [2.05, 4.69) is 20.5 Å². The number of aromatic nitrogens is 3. The van der Waals surface area contributed by atoms with E-state index >= 15 is 0 Å². The smallest absolute Gasteiger partial charge is 0.234 e. The van der Waals surface area contributed by atoms with E-state index in [4.69, 9.17) is 0 Å². The summed E-state index contributed by atoms with van der Waals surface area (Å²) in [6.07, 6.45) is 3.56. The zero-order chi connectivity index (χ0) is 20.1. The molecule has 3 aromatic carbocycles. The van der Waals surface area contributed by atoms with Gasteiger partial charge in [-0.25, -0.2) is 9.37 Å². The minimum atomic E-state index is -0.275. The molecular weight excluding hydrogens is 387 g/mol. The largest absolute Gasteiger partial charge is 0.325 e. The maximum atomic E-state index is 12.9. The van der Waals surface area contributed by atoms with E-state index in [0.717, 1.165) is 22.0 Å². The monoisotopic (exact) mass is 404 g/mol. The Morgan fingerprint density at radius 2 is 1.83 bits per heavy atom. The number of nitrogens with one attached hydrogen (secondary N) is 2. The Morgan fingerprint density at radius 3 is 2.66 bits per heavy atom. The maximum absolute atomic E-state index is 12.9. The van der Waals surface area contributed by atoms with Gasteiger partial charge in [0.15, 0.2) is 0 Å². The van der Waals surface area contributed by atoms with Crippen molar-refractivity contribution in [1.82, 2.24) is 15.2 Å². The molecule has 0 fully saturated rings. The fourth-order valence-electron chi connectivity index (χ4n) is 2.74. The standard InChI is InChI=1S/C22H17FN4OS/c23-18-9-5-15(6-10-18)7-12-20-25-22(27-26-20)29-14-21(28)24-19-11-8-16-3-1-2-4-17(16)13-19/h1-13H,14H2,(H,24,28)(H,25,26,27)/b12-7+. The number of anilines is 1. The fourth-order valence-corrected chi connectivity index (χ4v) is 3.35. The molecule has 0 spiro atoms. The average molecular weight is 404 g/mol. The van der Waals surface area contributed by atoms with Crippen LogP contribution in [0.25, 0.3) is 22.9 Å². The number of thioether (sulfide) groups is 1. The molecule has 0 aliphatic heterocycles. The number of nitrogens with zero attached hydrogens (tertiary/aromatic N) is 2. The number of aromatic amines is 1. The molecule has 0 saturated heterocycles. The van der Waals surface area contributed by atoms with Crippen LogP contribution in [-0.4, -0.2) is 26.8 Å². The summed E-state index contributed by atoms with van der Waals surface area (Å²) in [4.78, 5) is 16.5. The first-order valence-electron chi connectivity index (χ1n) is 8.93. The molecule has 1 amide bonds. The van der Waals surface area contributed by atoms with Crippen molar-refractivity contribution in [3.05, 3.63) is 83.9 Å². The molecule has 0 atom stereocenters. The second-order valence-corrected chi connectivity index (χ2v) is 7.23. The van der Waals surface area contributed by atoms with Gasteiger partial charge in [0, 0.05) is 5.69 Å². The van der Waals surface area contributed by atoms with Crippen molar-refractivity contribution >= 4 is 46.3 Å². The number of H-pyrrole nitrogens is 1. The number of rotatable bonds is 6. The highest BCUT2D eigenvalue weighted by atomic mass is 32.2. The van der Waals surface area contributed by atoms with Crippen LogP contribution in [0.15, 0.2) is 71.9 Å². The second-order valence-electron chi connectivity index (χ2n) is 6.29. The number of halogens is 1. The van der Waals surface area contributed by atoms with Crippen LogP contribution in [0.4, 0.5) is 10.1 Å². The molecule has 7 heteroatoms.